The molecule has 16 heavy (non-hydrogen) atoms. The van der Waals surface area contributed by atoms with Crippen LogP contribution < -0.4 is 0 Å². The minimum atomic E-state index is -1.39. The fourth-order valence-corrected chi connectivity index (χ4v) is 1.34. The zero-order valence-corrected chi connectivity index (χ0v) is 9.83. The first-order valence-corrected chi connectivity index (χ1v) is 4.76. The number of methoxy groups -OCH3 is 2. The average molecular weight is 224 g/mol. The number of carbonyl (C=O) groups is 2. The Bertz CT molecular complexity index is 317. The molecule has 0 rings (SSSR count). The van der Waals surface area contributed by atoms with Crippen LogP contribution in [0.3, 0.4) is 0 Å². The molecule has 0 bridgehead atoms. The molecule has 0 radical (unpaired) electrons. The summed E-state index contributed by atoms with van der Waals surface area (Å²) in [5.41, 5.74) is -1.39. The first-order valence-electron chi connectivity index (χ1n) is 4.76. The van der Waals surface area contributed by atoms with Gasteiger partial charge in [-0.15, -0.1) is 18.4 Å². The van der Waals surface area contributed by atoms with Gasteiger partial charge in [0.05, 0.1) is 14.2 Å². The molecule has 0 aliphatic carbocycles. The molecular formula is C12H16O4. The first-order chi connectivity index (χ1) is 7.58. The standard InChI is InChI=1S/C12H16O4/c1-5-7-9-12(8-6-2,10(13)15-3)11(14)16-4/h6H,2,8-9H2,1,3-4H3. The molecule has 0 atom stereocenters. The highest BCUT2D eigenvalue weighted by Crippen LogP contribution is 2.30. The monoisotopic (exact) mass is 224 g/mol. The Morgan fingerprint density at radius 2 is 1.81 bits per heavy atom. The van der Waals surface area contributed by atoms with Gasteiger partial charge in [0.25, 0.3) is 0 Å². The van der Waals surface area contributed by atoms with Gasteiger partial charge < -0.3 is 9.47 Å². The second kappa shape index (κ2) is 6.67. The summed E-state index contributed by atoms with van der Waals surface area (Å²) in [6.07, 6.45) is 1.68. The molecule has 0 aromatic heterocycles. The van der Waals surface area contributed by atoms with Crippen molar-refractivity contribution in [3.63, 3.8) is 0 Å². The Morgan fingerprint density at radius 1 is 1.31 bits per heavy atom. The third kappa shape index (κ3) is 2.86. The molecule has 4 heteroatoms. The van der Waals surface area contributed by atoms with Gasteiger partial charge in [-0.1, -0.05) is 6.08 Å². The molecule has 0 amide bonds. The Morgan fingerprint density at radius 3 is 2.12 bits per heavy atom. The van der Waals surface area contributed by atoms with E-state index < -0.39 is 17.4 Å². The molecule has 4 nitrogen and oxygen atoms in total. The Labute approximate surface area is 95.6 Å². The maximum absolute atomic E-state index is 11.7. The molecule has 88 valence electrons. The quantitative estimate of drug-likeness (QED) is 0.306. The van der Waals surface area contributed by atoms with Crippen LogP contribution >= 0.6 is 0 Å². The highest BCUT2D eigenvalue weighted by molar-refractivity contribution is 6.00. The van der Waals surface area contributed by atoms with Crippen LogP contribution in [0, 0.1) is 17.3 Å². The van der Waals surface area contributed by atoms with E-state index in [1.54, 1.807) is 6.92 Å². The minimum Gasteiger partial charge on any atom is -0.468 e. The third-order valence-electron chi connectivity index (χ3n) is 2.21. The number of hydrogen-bond acceptors (Lipinski definition) is 4. The number of ether oxygens (including phenoxy) is 2. The van der Waals surface area contributed by atoms with Crippen molar-refractivity contribution in [1.29, 1.82) is 0 Å². The number of esters is 2. The summed E-state index contributed by atoms with van der Waals surface area (Å²) in [6.45, 7) is 5.16. The van der Waals surface area contributed by atoms with E-state index in [-0.39, 0.29) is 12.8 Å². The topological polar surface area (TPSA) is 52.6 Å². The van der Waals surface area contributed by atoms with Crippen LogP contribution in [0.1, 0.15) is 19.8 Å². The van der Waals surface area contributed by atoms with E-state index >= 15 is 0 Å². The van der Waals surface area contributed by atoms with Crippen molar-refractivity contribution in [3.05, 3.63) is 12.7 Å². The van der Waals surface area contributed by atoms with Crippen LogP contribution in [-0.2, 0) is 19.1 Å². The van der Waals surface area contributed by atoms with Crippen LogP contribution in [0.25, 0.3) is 0 Å². The van der Waals surface area contributed by atoms with Crippen LogP contribution in [0.2, 0.25) is 0 Å². The van der Waals surface area contributed by atoms with E-state index in [4.69, 9.17) is 0 Å². The third-order valence-corrected chi connectivity index (χ3v) is 2.21. The van der Waals surface area contributed by atoms with Gasteiger partial charge in [-0.05, 0) is 13.3 Å². The number of rotatable bonds is 5. The second-order valence-corrected chi connectivity index (χ2v) is 3.16. The Hall–Kier alpha value is -1.76. The Kier molecular flexibility index (Phi) is 5.94. The van der Waals surface area contributed by atoms with Gasteiger partial charge in [-0.3, -0.25) is 9.59 Å². The lowest BCUT2D eigenvalue weighted by molar-refractivity contribution is -0.168. The van der Waals surface area contributed by atoms with E-state index in [0.717, 1.165) is 0 Å². The molecule has 0 aromatic rings. The highest BCUT2D eigenvalue weighted by Gasteiger charge is 2.46. The molecule has 0 aromatic carbocycles. The van der Waals surface area contributed by atoms with Gasteiger partial charge in [0, 0.05) is 6.42 Å². The molecular weight excluding hydrogens is 208 g/mol. The lowest BCUT2D eigenvalue weighted by atomic mass is 9.81. The van der Waals surface area contributed by atoms with Crippen molar-refractivity contribution < 1.29 is 19.1 Å². The van der Waals surface area contributed by atoms with E-state index in [2.05, 4.69) is 27.9 Å². The smallest absolute Gasteiger partial charge is 0.324 e. The van der Waals surface area contributed by atoms with Gasteiger partial charge >= 0.3 is 11.9 Å². The summed E-state index contributed by atoms with van der Waals surface area (Å²) < 4.78 is 9.27. The SMILES string of the molecule is C=CCC(CC#CC)(C(=O)OC)C(=O)OC. The molecule has 0 unspecified atom stereocenters. The fourth-order valence-electron chi connectivity index (χ4n) is 1.34. The first kappa shape index (κ1) is 14.2. The molecule has 0 saturated carbocycles. The van der Waals surface area contributed by atoms with Gasteiger partial charge in [-0.25, -0.2) is 0 Å². The fraction of sp³-hybridized carbons (Fsp3) is 0.500. The molecule has 0 heterocycles. The largest absolute Gasteiger partial charge is 0.468 e. The summed E-state index contributed by atoms with van der Waals surface area (Å²) in [5, 5.41) is 0. The number of allylic oxidation sites excluding steroid dienone is 1. The van der Waals surface area contributed by atoms with Crippen molar-refractivity contribution >= 4 is 11.9 Å². The molecule has 0 N–H and O–H groups in total. The van der Waals surface area contributed by atoms with E-state index in [1.165, 1.54) is 20.3 Å². The Balaban J connectivity index is 5.32. The summed E-state index contributed by atoms with van der Waals surface area (Å²) in [4.78, 5) is 23.4. The van der Waals surface area contributed by atoms with E-state index in [0.29, 0.717) is 0 Å². The molecule has 0 saturated heterocycles. The maximum atomic E-state index is 11.7. The van der Waals surface area contributed by atoms with Gasteiger partial charge in [0.2, 0.25) is 0 Å². The highest BCUT2D eigenvalue weighted by atomic mass is 16.5. The van der Waals surface area contributed by atoms with Crippen molar-refractivity contribution in [2.45, 2.75) is 19.8 Å². The normalized spacial score (nSPS) is 9.69. The van der Waals surface area contributed by atoms with Gasteiger partial charge in [0.1, 0.15) is 0 Å². The second-order valence-electron chi connectivity index (χ2n) is 3.16. The number of hydrogen-bond donors (Lipinski definition) is 0. The van der Waals surface area contributed by atoms with Crippen LogP contribution in [0.15, 0.2) is 12.7 Å². The minimum absolute atomic E-state index is 0.0644. The van der Waals surface area contributed by atoms with Crippen molar-refractivity contribution in [2.75, 3.05) is 14.2 Å². The van der Waals surface area contributed by atoms with Crippen LogP contribution in [0.4, 0.5) is 0 Å². The lowest BCUT2D eigenvalue weighted by Gasteiger charge is -2.24. The zero-order valence-electron chi connectivity index (χ0n) is 9.83. The summed E-state index contributed by atoms with van der Waals surface area (Å²) in [5.74, 6) is 4.04. The summed E-state index contributed by atoms with van der Waals surface area (Å²) >= 11 is 0. The molecule has 0 aliphatic heterocycles. The molecule has 0 spiro atoms. The van der Waals surface area contributed by atoms with Gasteiger partial charge in [-0.2, -0.15) is 0 Å². The molecule has 0 fully saturated rings. The molecule has 0 aliphatic rings. The van der Waals surface area contributed by atoms with Crippen molar-refractivity contribution in [1.82, 2.24) is 0 Å². The predicted molar refractivity (Wildman–Crippen MR) is 59.3 cm³/mol. The van der Waals surface area contributed by atoms with E-state index in [9.17, 15) is 9.59 Å². The predicted octanol–water partition coefficient (Wildman–Crippen LogP) is 1.31. The van der Waals surface area contributed by atoms with Gasteiger partial charge in [0.15, 0.2) is 5.41 Å². The maximum Gasteiger partial charge on any atom is 0.324 e. The van der Waals surface area contributed by atoms with Crippen LogP contribution in [0.5, 0.6) is 0 Å². The zero-order chi connectivity index (χ0) is 12.6. The average Bonchev–Trinajstić information content (AvgIpc) is 2.32. The van der Waals surface area contributed by atoms with Crippen molar-refractivity contribution in [2.24, 2.45) is 5.41 Å². The van der Waals surface area contributed by atoms with Crippen LogP contribution in [-0.4, -0.2) is 26.2 Å². The summed E-state index contributed by atoms with van der Waals surface area (Å²) in [6, 6.07) is 0. The van der Waals surface area contributed by atoms with Crippen molar-refractivity contribution in [3.8, 4) is 11.8 Å². The number of carbonyl (C=O) groups excluding carboxylic acids is 2. The summed E-state index contributed by atoms with van der Waals surface area (Å²) in [7, 11) is 2.45. The lowest BCUT2D eigenvalue weighted by Crippen LogP contribution is -2.40. The van der Waals surface area contributed by atoms with E-state index in [1.807, 2.05) is 0 Å².